The van der Waals surface area contributed by atoms with Crippen LogP contribution in [0.2, 0.25) is 0 Å². The highest BCUT2D eigenvalue weighted by molar-refractivity contribution is 7.92. The summed E-state index contributed by atoms with van der Waals surface area (Å²) in [6.45, 7) is 1.79. The zero-order valence-electron chi connectivity index (χ0n) is 13.5. The molecule has 0 radical (unpaired) electrons. The number of hydrogen-bond acceptors (Lipinski definition) is 4. The van der Waals surface area contributed by atoms with Crippen LogP contribution in [-0.2, 0) is 21.2 Å². The van der Waals surface area contributed by atoms with E-state index in [0.717, 1.165) is 5.56 Å². The Hall–Kier alpha value is -2.38. The minimum atomic E-state index is -3.74. The standard InChI is InChI=1S/C17H20N2O4S/c1-12-8-9-15(10-13(12)11-16(18)17(20)21)24(22,23)19(2)14-6-4-3-5-7-14/h3-10,16H,11,18H2,1-2H3,(H,20,21)/t16-/m0/s1. The van der Waals surface area contributed by atoms with Crippen LogP contribution in [-0.4, -0.2) is 32.6 Å². The first-order valence-electron chi connectivity index (χ1n) is 7.35. The third kappa shape index (κ3) is 3.74. The number of hydrogen-bond donors (Lipinski definition) is 2. The molecule has 0 aliphatic carbocycles. The molecule has 2 rings (SSSR count). The van der Waals surface area contributed by atoms with Gasteiger partial charge in [0.15, 0.2) is 0 Å². The largest absolute Gasteiger partial charge is 0.480 e. The summed E-state index contributed by atoms with van der Waals surface area (Å²) >= 11 is 0. The second-order valence-electron chi connectivity index (χ2n) is 5.55. The van der Waals surface area contributed by atoms with Crippen molar-refractivity contribution in [2.45, 2.75) is 24.3 Å². The average Bonchev–Trinajstić information content (AvgIpc) is 2.56. The number of carboxylic acids is 1. The van der Waals surface area contributed by atoms with Gasteiger partial charge in [-0.05, 0) is 48.7 Å². The monoisotopic (exact) mass is 348 g/mol. The van der Waals surface area contributed by atoms with Gasteiger partial charge >= 0.3 is 5.97 Å². The third-order valence-electron chi connectivity index (χ3n) is 3.86. The number of carbonyl (C=O) groups is 1. The van der Waals surface area contributed by atoms with E-state index in [1.807, 2.05) is 0 Å². The van der Waals surface area contributed by atoms with Gasteiger partial charge in [0.2, 0.25) is 0 Å². The normalized spacial score (nSPS) is 12.6. The lowest BCUT2D eigenvalue weighted by Crippen LogP contribution is -2.32. The molecule has 24 heavy (non-hydrogen) atoms. The van der Waals surface area contributed by atoms with E-state index in [-0.39, 0.29) is 11.3 Å². The fraction of sp³-hybridized carbons (Fsp3) is 0.235. The van der Waals surface area contributed by atoms with Gasteiger partial charge in [0.1, 0.15) is 6.04 Å². The van der Waals surface area contributed by atoms with Crippen molar-refractivity contribution in [1.29, 1.82) is 0 Å². The van der Waals surface area contributed by atoms with E-state index in [9.17, 15) is 13.2 Å². The summed E-state index contributed by atoms with van der Waals surface area (Å²) in [6.07, 6.45) is 0.0690. The molecule has 2 aromatic rings. The van der Waals surface area contributed by atoms with Crippen LogP contribution >= 0.6 is 0 Å². The number of rotatable bonds is 6. The highest BCUT2D eigenvalue weighted by Gasteiger charge is 2.23. The van der Waals surface area contributed by atoms with Crippen LogP contribution in [0.3, 0.4) is 0 Å². The average molecular weight is 348 g/mol. The topological polar surface area (TPSA) is 101 Å². The lowest BCUT2D eigenvalue weighted by Gasteiger charge is -2.20. The quantitative estimate of drug-likeness (QED) is 0.829. The van der Waals surface area contributed by atoms with Crippen molar-refractivity contribution in [3.63, 3.8) is 0 Å². The molecule has 7 heteroatoms. The minimum absolute atomic E-state index is 0.0690. The summed E-state index contributed by atoms with van der Waals surface area (Å²) in [7, 11) is -2.26. The Morgan fingerprint density at radius 2 is 1.83 bits per heavy atom. The van der Waals surface area contributed by atoms with Crippen LogP contribution in [0.15, 0.2) is 53.4 Å². The van der Waals surface area contributed by atoms with Gasteiger partial charge in [-0.3, -0.25) is 9.10 Å². The molecule has 0 amide bonds. The second-order valence-corrected chi connectivity index (χ2v) is 7.51. The molecule has 0 spiro atoms. The van der Waals surface area contributed by atoms with E-state index in [4.69, 9.17) is 10.8 Å². The molecule has 6 nitrogen and oxygen atoms in total. The molecule has 0 saturated heterocycles. The number of benzene rings is 2. The number of carboxylic acid groups (broad SMARTS) is 1. The second kappa shape index (κ2) is 7.02. The molecule has 3 N–H and O–H groups in total. The van der Waals surface area contributed by atoms with Crippen molar-refractivity contribution in [3.05, 3.63) is 59.7 Å². The Balaban J connectivity index is 2.39. The lowest BCUT2D eigenvalue weighted by molar-refractivity contribution is -0.138. The molecule has 0 aromatic heterocycles. The number of anilines is 1. The van der Waals surface area contributed by atoms with Crippen molar-refractivity contribution >= 4 is 21.7 Å². The molecule has 0 heterocycles. The third-order valence-corrected chi connectivity index (χ3v) is 5.64. The van der Waals surface area contributed by atoms with Gasteiger partial charge in [-0.2, -0.15) is 0 Å². The van der Waals surface area contributed by atoms with Gasteiger partial charge in [0.25, 0.3) is 10.0 Å². The highest BCUT2D eigenvalue weighted by Crippen LogP contribution is 2.24. The van der Waals surface area contributed by atoms with Crippen LogP contribution in [0.5, 0.6) is 0 Å². The fourth-order valence-corrected chi connectivity index (χ4v) is 3.53. The van der Waals surface area contributed by atoms with Crippen LogP contribution in [0.25, 0.3) is 0 Å². The van der Waals surface area contributed by atoms with Crippen molar-refractivity contribution in [2.75, 3.05) is 11.4 Å². The van der Waals surface area contributed by atoms with Crippen LogP contribution in [0.1, 0.15) is 11.1 Å². The molecule has 0 unspecified atom stereocenters. The Kier molecular flexibility index (Phi) is 5.26. The molecule has 0 aliphatic rings. The summed E-state index contributed by atoms with van der Waals surface area (Å²) in [6, 6.07) is 12.3. The van der Waals surface area contributed by atoms with Crippen LogP contribution < -0.4 is 10.0 Å². The highest BCUT2D eigenvalue weighted by atomic mass is 32.2. The summed E-state index contributed by atoms with van der Waals surface area (Å²) in [4.78, 5) is 11.0. The molecule has 1 atom stereocenters. The summed E-state index contributed by atoms with van der Waals surface area (Å²) in [5.74, 6) is -1.12. The smallest absolute Gasteiger partial charge is 0.320 e. The van der Waals surface area contributed by atoms with Crippen molar-refractivity contribution in [2.24, 2.45) is 5.73 Å². The lowest BCUT2D eigenvalue weighted by atomic mass is 10.0. The Morgan fingerprint density at radius 3 is 2.42 bits per heavy atom. The summed E-state index contributed by atoms with van der Waals surface area (Å²) in [5.41, 5.74) is 7.51. The predicted molar refractivity (Wildman–Crippen MR) is 92.5 cm³/mol. The van der Waals surface area contributed by atoms with Gasteiger partial charge in [0.05, 0.1) is 10.6 Å². The first-order valence-corrected chi connectivity index (χ1v) is 8.79. The zero-order valence-corrected chi connectivity index (χ0v) is 14.3. The number of para-hydroxylation sites is 1. The molecular weight excluding hydrogens is 328 g/mol. The minimum Gasteiger partial charge on any atom is -0.480 e. The van der Waals surface area contributed by atoms with E-state index in [1.165, 1.54) is 23.5 Å². The van der Waals surface area contributed by atoms with Crippen molar-refractivity contribution < 1.29 is 18.3 Å². The molecule has 0 aliphatic heterocycles. The molecule has 2 aromatic carbocycles. The SMILES string of the molecule is Cc1ccc(S(=O)(=O)N(C)c2ccccc2)cc1C[C@H](N)C(=O)O. The summed E-state index contributed by atoms with van der Waals surface area (Å²) < 4.78 is 26.8. The molecule has 0 bridgehead atoms. The van der Waals surface area contributed by atoms with Crippen molar-refractivity contribution in [3.8, 4) is 0 Å². The number of sulfonamides is 1. The molecule has 0 saturated carbocycles. The van der Waals surface area contributed by atoms with Gasteiger partial charge in [-0.1, -0.05) is 24.3 Å². The maximum Gasteiger partial charge on any atom is 0.320 e. The van der Waals surface area contributed by atoms with Gasteiger partial charge in [-0.15, -0.1) is 0 Å². The Labute approximate surface area is 141 Å². The van der Waals surface area contributed by atoms with E-state index < -0.39 is 22.0 Å². The summed E-state index contributed by atoms with van der Waals surface area (Å²) in [5, 5.41) is 8.95. The number of aliphatic carboxylic acids is 1. The number of nitrogens with two attached hydrogens (primary N) is 1. The molecular formula is C17H20N2O4S. The van der Waals surface area contributed by atoms with Crippen LogP contribution in [0, 0.1) is 6.92 Å². The maximum atomic E-state index is 12.8. The fourth-order valence-electron chi connectivity index (χ4n) is 2.29. The number of nitrogens with zero attached hydrogens (tertiary/aromatic N) is 1. The van der Waals surface area contributed by atoms with E-state index >= 15 is 0 Å². The van der Waals surface area contributed by atoms with Crippen molar-refractivity contribution in [1.82, 2.24) is 0 Å². The van der Waals surface area contributed by atoms with Crippen LogP contribution in [0.4, 0.5) is 5.69 Å². The maximum absolute atomic E-state index is 12.8. The Bertz CT molecular complexity index is 835. The Morgan fingerprint density at radius 1 is 1.21 bits per heavy atom. The van der Waals surface area contributed by atoms with Gasteiger partial charge in [0, 0.05) is 7.05 Å². The van der Waals surface area contributed by atoms with E-state index in [1.54, 1.807) is 43.3 Å². The molecule has 0 fully saturated rings. The van der Waals surface area contributed by atoms with Gasteiger partial charge < -0.3 is 10.8 Å². The predicted octanol–water partition coefficient (Wildman–Crippen LogP) is 1.77. The first-order chi connectivity index (χ1) is 11.2. The van der Waals surface area contributed by atoms with Gasteiger partial charge in [-0.25, -0.2) is 8.42 Å². The van der Waals surface area contributed by atoms with E-state index in [0.29, 0.717) is 11.3 Å². The van der Waals surface area contributed by atoms with E-state index in [2.05, 4.69) is 0 Å². The number of aryl methyl sites for hydroxylation is 1. The molecule has 128 valence electrons. The zero-order chi connectivity index (χ0) is 17.9. The first kappa shape index (κ1) is 18.0.